The summed E-state index contributed by atoms with van der Waals surface area (Å²) in [6.07, 6.45) is 3.03. The zero-order valence-corrected chi connectivity index (χ0v) is 16.6. The number of rotatable bonds is 4. The van der Waals surface area contributed by atoms with Crippen LogP contribution in [0.5, 0.6) is 0 Å². The van der Waals surface area contributed by atoms with E-state index in [-0.39, 0.29) is 12.2 Å². The Bertz CT molecular complexity index is 982. The molecule has 1 aromatic carbocycles. The third-order valence-corrected chi connectivity index (χ3v) is 4.25. The van der Waals surface area contributed by atoms with Crippen LogP contribution in [0.3, 0.4) is 0 Å². The minimum atomic E-state index is -1.28. The van der Waals surface area contributed by atoms with E-state index in [9.17, 15) is 14.4 Å². The Kier molecular flexibility index (Phi) is 5.50. The molecule has 7 nitrogen and oxygen atoms in total. The lowest BCUT2D eigenvalue weighted by Crippen LogP contribution is -2.41. The van der Waals surface area contributed by atoms with Crippen LogP contribution in [0.25, 0.3) is 17.3 Å². The summed E-state index contributed by atoms with van der Waals surface area (Å²) in [5.41, 5.74) is 2.78. The van der Waals surface area contributed by atoms with Gasteiger partial charge in [0.25, 0.3) is 5.79 Å². The molecule has 0 unspecified atom stereocenters. The molecule has 0 radical (unpaired) electrons. The van der Waals surface area contributed by atoms with E-state index >= 15 is 0 Å². The van der Waals surface area contributed by atoms with Crippen LogP contribution in [0.2, 0.25) is 0 Å². The Morgan fingerprint density at radius 3 is 2.31 bits per heavy atom. The number of benzene rings is 1. The SMILES string of the molecule is CCOC(=O)c1c(C)ccnc1-c1ccc(C=C2C(=O)OC(C)(C)OC2=O)cc1. The van der Waals surface area contributed by atoms with E-state index in [0.717, 1.165) is 5.56 Å². The van der Waals surface area contributed by atoms with Crippen LogP contribution in [0.4, 0.5) is 0 Å². The second kappa shape index (κ2) is 7.87. The van der Waals surface area contributed by atoms with Gasteiger partial charge in [0, 0.05) is 25.6 Å². The van der Waals surface area contributed by atoms with Gasteiger partial charge in [0.1, 0.15) is 5.57 Å². The van der Waals surface area contributed by atoms with Crippen molar-refractivity contribution in [1.82, 2.24) is 4.98 Å². The fourth-order valence-corrected chi connectivity index (χ4v) is 2.92. The third kappa shape index (κ3) is 4.34. The lowest BCUT2D eigenvalue weighted by atomic mass is 10.00. The van der Waals surface area contributed by atoms with Gasteiger partial charge in [-0.3, -0.25) is 4.98 Å². The highest BCUT2D eigenvalue weighted by molar-refractivity contribution is 6.18. The van der Waals surface area contributed by atoms with Crippen molar-refractivity contribution in [3.63, 3.8) is 0 Å². The van der Waals surface area contributed by atoms with Crippen molar-refractivity contribution in [2.75, 3.05) is 6.61 Å². The Labute approximate surface area is 168 Å². The van der Waals surface area contributed by atoms with E-state index in [0.29, 0.717) is 22.4 Å². The van der Waals surface area contributed by atoms with Crippen LogP contribution < -0.4 is 0 Å². The average Bonchev–Trinajstić information content (AvgIpc) is 2.64. The van der Waals surface area contributed by atoms with Crippen molar-refractivity contribution in [3.8, 4) is 11.3 Å². The molecule has 0 amide bonds. The predicted octanol–water partition coefficient (Wildman–Crippen LogP) is 3.45. The van der Waals surface area contributed by atoms with E-state index in [4.69, 9.17) is 14.2 Å². The van der Waals surface area contributed by atoms with E-state index in [1.807, 2.05) is 6.92 Å². The fraction of sp³-hybridized carbons (Fsp3) is 0.273. The summed E-state index contributed by atoms with van der Waals surface area (Å²) in [5.74, 6) is -3.19. The van der Waals surface area contributed by atoms with Gasteiger partial charge >= 0.3 is 17.9 Å². The van der Waals surface area contributed by atoms with Gasteiger partial charge in [0.05, 0.1) is 17.9 Å². The Balaban J connectivity index is 1.93. The van der Waals surface area contributed by atoms with Crippen molar-refractivity contribution in [2.24, 2.45) is 0 Å². The molecule has 3 rings (SSSR count). The van der Waals surface area contributed by atoms with Crippen molar-refractivity contribution in [2.45, 2.75) is 33.5 Å². The van der Waals surface area contributed by atoms with E-state index < -0.39 is 23.7 Å². The Morgan fingerprint density at radius 1 is 1.10 bits per heavy atom. The van der Waals surface area contributed by atoms with Crippen molar-refractivity contribution < 1.29 is 28.6 Å². The minimum absolute atomic E-state index is 0.182. The third-order valence-electron chi connectivity index (χ3n) is 4.25. The number of esters is 3. The van der Waals surface area contributed by atoms with Crippen LogP contribution in [0, 0.1) is 6.92 Å². The minimum Gasteiger partial charge on any atom is -0.462 e. The molecule has 29 heavy (non-hydrogen) atoms. The molecule has 0 atom stereocenters. The summed E-state index contributed by atoms with van der Waals surface area (Å²) in [7, 11) is 0. The Morgan fingerprint density at radius 2 is 1.72 bits per heavy atom. The number of pyridine rings is 1. The van der Waals surface area contributed by atoms with Crippen molar-refractivity contribution in [1.29, 1.82) is 0 Å². The van der Waals surface area contributed by atoms with Gasteiger partial charge in [0.2, 0.25) is 0 Å². The molecule has 0 saturated carbocycles. The summed E-state index contributed by atoms with van der Waals surface area (Å²) in [6.45, 7) is 6.81. The molecule has 0 N–H and O–H groups in total. The molecule has 1 aliphatic heterocycles. The Hall–Kier alpha value is -3.48. The number of hydrogen-bond acceptors (Lipinski definition) is 7. The van der Waals surface area contributed by atoms with Crippen LogP contribution in [-0.4, -0.2) is 35.3 Å². The maximum Gasteiger partial charge on any atom is 0.348 e. The summed E-state index contributed by atoms with van der Waals surface area (Å²) in [6, 6.07) is 8.67. The van der Waals surface area contributed by atoms with Crippen LogP contribution in [-0.2, 0) is 23.8 Å². The topological polar surface area (TPSA) is 91.8 Å². The summed E-state index contributed by atoms with van der Waals surface area (Å²) in [4.78, 5) is 40.8. The van der Waals surface area contributed by atoms with Crippen molar-refractivity contribution in [3.05, 3.63) is 58.8 Å². The first kappa shape index (κ1) is 20.3. The first-order valence-corrected chi connectivity index (χ1v) is 9.13. The molecule has 0 bridgehead atoms. The number of carbonyl (C=O) groups excluding carboxylic acids is 3. The lowest BCUT2D eigenvalue weighted by Gasteiger charge is -2.29. The maximum atomic E-state index is 12.3. The van der Waals surface area contributed by atoms with Gasteiger partial charge in [0.15, 0.2) is 0 Å². The molecule has 1 saturated heterocycles. The van der Waals surface area contributed by atoms with Crippen LogP contribution in [0.15, 0.2) is 42.1 Å². The van der Waals surface area contributed by atoms with Gasteiger partial charge in [-0.1, -0.05) is 24.3 Å². The van der Waals surface area contributed by atoms with Crippen LogP contribution in [0.1, 0.15) is 42.3 Å². The quantitative estimate of drug-likeness (QED) is 0.445. The highest BCUT2D eigenvalue weighted by Gasteiger charge is 2.38. The van der Waals surface area contributed by atoms with Gasteiger partial charge in [-0.2, -0.15) is 0 Å². The second-order valence-corrected chi connectivity index (χ2v) is 6.93. The highest BCUT2D eigenvalue weighted by atomic mass is 16.7. The first-order valence-electron chi connectivity index (χ1n) is 9.13. The largest absolute Gasteiger partial charge is 0.462 e. The van der Waals surface area contributed by atoms with Crippen LogP contribution >= 0.6 is 0 Å². The molecule has 1 aliphatic rings. The van der Waals surface area contributed by atoms with Gasteiger partial charge in [-0.05, 0) is 37.1 Å². The number of ether oxygens (including phenoxy) is 3. The van der Waals surface area contributed by atoms with E-state index in [1.54, 1.807) is 43.5 Å². The predicted molar refractivity (Wildman–Crippen MR) is 105 cm³/mol. The number of hydrogen-bond donors (Lipinski definition) is 0. The first-order chi connectivity index (χ1) is 13.7. The number of nitrogens with zero attached hydrogens (tertiary/aromatic N) is 1. The molecule has 1 fully saturated rings. The molecule has 0 aliphatic carbocycles. The smallest absolute Gasteiger partial charge is 0.348 e. The average molecular weight is 395 g/mol. The second-order valence-electron chi connectivity index (χ2n) is 6.93. The van der Waals surface area contributed by atoms with E-state index in [1.165, 1.54) is 19.9 Å². The maximum absolute atomic E-state index is 12.3. The summed E-state index contributed by atoms with van der Waals surface area (Å²) in [5, 5.41) is 0. The molecular weight excluding hydrogens is 374 g/mol. The standard InChI is InChI=1S/C22H21NO6/c1-5-27-21(26)17-13(2)10-11-23-18(17)15-8-6-14(7-9-15)12-16-19(24)28-22(3,4)29-20(16)25/h6-12H,5H2,1-4H3. The van der Waals surface area contributed by atoms with Crippen molar-refractivity contribution >= 4 is 24.0 Å². The number of carbonyl (C=O) groups is 3. The molecular formula is C22H21NO6. The molecule has 2 heterocycles. The number of aromatic nitrogens is 1. The highest BCUT2D eigenvalue weighted by Crippen LogP contribution is 2.27. The molecule has 2 aromatic rings. The zero-order valence-electron chi connectivity index (χ0n) is 16.6. The van der Waals surface area contributed by atoms with Gasteiger partial charge in [-0.15, -0.1) is 0 Å². The van der Waals surface area contributed by atoms with Gasteiger partial charge in [-0.25, -0.2) is 14.4 Å². The summed E-state index contributed by atoms with van der Waals surface area (Å²) < 4.78 is 15.3. The fourth-order valence-electron chi connectivity index (χ4n) is 2.92. The molecule has 7 heteroatoms. The van der Waals surface area contributed by atoms with E-state index in [2.05, 4.69) is 4.98 Å². The van der Waals surface area contributed by atoms with Gasteiger partial charge < -0.3 is 14.2 Å². The molecule has 150 valence electrons. The lowest BCUT2D eigenvalue weighted by molar-refractivity contribution is -0.222. The zero-order chi connectivity index (χ0) is 21.2. The molecule has 0 spiro atoms. The monoisotopic (exact) mass is 395 g/mol. The normalized spacial score (nSPS) is 15.4. The number of aryl methyl sites for hydroxylation is 1. The number of cyclic esters (lactones) is 2. The summed E-state index contributed by atoms with van der Waals surface area (Å²) >= 11 is 0. The molecule has 1 aromatic heterocycles.